The lowest BCUT2D eigenvalue weighted by Crippen LogP contribution is -2.50. The van der Waals surface area contributed by atoms with E-state index in [1.807, 2.05) is 56.3 Å². The number of para-hydroxylation sites is 2. The van der Waals surface area contributed by atoms with E-state index in [9.17, 15) is 9.90 Å². The summed E-state index contributed by atoms with van der Waals surface area (Å²) in [6.45, 7) is 7.52. The number of aldehydes is 1. The Kier molecular flexibility index (Phi) is 7.67. The van der Waals surface area contributed by atoms with Gasteiger partial charge in [0.25, 0.3) is 0 Å². The Morgan fingerprint density at radius 1 is 1.03 bits per heavy atom. The van der Waals surface area contributed by atoms with Crippen LogP contribution in [0.25, 0.3) is 0 Å². The van der Waals surface area contributed by atoms with E-state index in [0.717, 1.165) is 63.2 Å². The minimum absolute atomic E-state index is 0.147. The molecule has 1 heterocycles. The molecule has 1 fully saturated rings. The van der Waals surface area contributed by atoms with Crippen molar-refractivity contribution in [1.82, 2.24) is 4.90 Å². The topological polar surface area (TPSA) is 53.0 Å². The number of aliphatic hydroxyl groups is 1. The summed E-state index contributed by atoms with van der Waals surface area (Å²) in [5.74, 6) is 0.928. The maximum absolute atomic E-state index is 10.7. The van der Waals surface area contributed by atoms with E-state index in [2.05, 4.69) is 15.9 Å². The summed E-state index contributed by atoms with van der Waals surface area (Å²) in [5, 5.41) is 10.6. The molecule has 0 aliphatic carbocycles. The maximum Gasteiger partial charge on any atom is 0.150 e. The van der Waals surface area contributed by atoms with Gasteiger partial charge in [0, 0.05) is 31.7 Å². The molecule has 3 rings (SSSR count). The van der Waals surface area contributed by atoms with Gasteiger partial charge in [-0.05, 0) is 50.8 Å². The first-order valence-electron chi connectivity index (χ1n) is 10.5. The molecule has 0 radical (unpaired) electrons. The van der Waals surface area contributed by atoms with E-state index in [4.69, 9.17) is 4.74 Å². The first-order chi connectivity index (χ1) is 14.1. The molecule has 0 amide bonds. The SMILES string of the molecule is CC(C)Oc1ccccc1N1CCN(C(O)CCCc2ccc(C=O)cc2)CC1. The second kappa shape index (κ2) is 10.4. The second-order valence-electron chi connectivity index (χ2n) is 7.89. The van der Waals surface area contributed by atoms with Gasteiger partial charge >= 0.3 is 0 Å². The third-order valence-electron chi connectivity index (χ3n) is 5.35. The van der Waals surface area contributed by atoms with Crippen LogP contribution in [0.2, 0.25) is 0 Å². The predicted octanol–water partition coefficient (Wildman–Crippen LogP) is 3.75. The number of hydrogen-bond donors (Lipinski definition) is 1. The van der Waals surface area contributed by atoms with Crippen LogP contribution in [0.3, 0.4) is 0 Å². The van der Waals surface area contributed by atoms with Crippen molar-refractivity contribution in [1.29, 1.82) is 0 Å². The highest BCUT2D eigenvalue weighted by Gasteiger charge is 2.23. The number of ether oxygens (including phenoxy) is 1. The summed E-state index contributed by atoms with van der Waals surface area (Å²) in [5.41, 5.74) is 3.04. The Morgan fingerprint density at radius 2 is 1.72 bits per heavy atom. The van der Waals surface area contributed by atoms with Gasteiger partial charge in [-0.15, -0.1) is 0 Å². The molecule has 1 aliphatic heterocycles. The highest BCUT2D eigenvalue weighted by molar-refractivity contribution is 5.74. The normalized spacial score (nSPS) is 16.1. The number of anilines is 1. The van der Waals surface area contributed by atoms with Gasteiger partial charge in [0.1, 0.15) is 18.3 Å². The molecule has 0 aromatic heterocycles. The van der Waals surface area contributed by atoms with E-state index >= 15 is 0 Å². The molecule has 156 valence electrons. The van der Waals surface area contributed by atoms with Crippen molar-refractivity contribution in [3.63, 3.8) is 0 Å². The standard InChI is InChI=1S/C24H32N2O3/c1-19(2)29-23-8-4-3-7-22(23)25-14-16-26(17-15-25)24(28)9-5-6-20-10-12-21(18-27)13-11-20/h3-4,7-8,10-13,18-19,24,28H,5-6,9,14-17H2,1-2H3. The van der Waals surface area contributed by atoms with Crippen molar-refractivity contribution < 1.29 is 14.6 Å². The summed E-state index contributed by atoms with van der Waals surface area (Å²) in [6, 6.07) is 15.9. The molecule has 1 N–H and O–H groups in total. The van der Waals surface area contributed by atoms with Crippen LogP contribution >= 0.6 is 0 Å². The molecule has 0 bridgehead atoms. The molecule has 1 atom stereocenters. The molecule has 1 saturated heterocycles. The Bertz CT molecular complexity index is 768. The maximum atomic E-state index is 10.7. The van der Waals surface area contributed by atoms with Gasteiger partial charge in [0.2, 0.25) is 0 Å². The van der Waals surface area contributed by atoms with Gasteiger partial charge in [-0.25, -0.2) is 0 Å². The smallest absolute Gasteiger partial charge is 0.150 e. The third kappa shape index (κ3) is 6.05. The summed E-state index contributed by atoms with van der Waals surface area (Å²) in [4.78, 5) is 15.2. The fraction of sp³-hybridized carbons (Fsp3) is 0.458. The van der Waals surface area contributed by atoms with Crippen LogP contribution in [0.4, 0.5) is 5.69 Å². The monoisotopic (exact) mass is 396 g/mol. The number of piperazine rings is 1. The lowest BCUT2D eigenvalue weighted by atomic mass is 10.1. The molecule has 5 nitrogen and oxygen atoms in total. The largest absolute Gasteiger partial charge is 0.489 e. The van der Waals surface area contributed by atoms with Crippen LogP contribution < -0.4 is 9.64 Å². The number of aryl methyl sites for hydroxylation is 1. The van der Waals surface area contributed by atoms with E-state index < -0.39 is 6.23 Å². The van der Waals surface area contributed by atoms with Crippen molar-refractivity contribution in [2.24, 2.45) is 0 Å². The van der Waals surface area contributed by atoms with Crippen LogP contribution in [-0.2, 0) is 6.42 Å². The number of benzene rings is 2. The van der Waals surface area contributed by atoms with Gasteiger partial charge in [-0.2, -0.15) is 0 Å². The van der Waals surface area contributed by atoms with Crippen LogP contribution in [-0.4, -0.2) is 54.8 Å². The Balaban J connectivity index is 1.45. The van der Waals surface area contributed by atoms with Gasteiger partial charge in [0.15, 0.2) is 0 Å². The Labute approximate surface area is 173 Å². The highest BCUT2D eigenvalue weighted by Crippen LogP contribution is 2.30. The minimum atomic E-state index is -0.409. The summed E-state index contributed by atoms with van der Waals surface area (Å²) >= 11 is 0. The Morgan fingerprint density at radius 3 is 2.38 bits per heavy atom. The Hall–Kier alpha value is -2.37. The van der Waals surface area contributed by atoms with E-state index in [-0.39, 0.29) is 6.10 Å². The quantitative estimate of drug-likeness (QED) is 0.654. The number of aliphatic hydroxyl groups excluding tert-OH is 1. The molecular weight excluding hydrogens is 364 g/mol. The zero-order valence-corrected chi connectivity index (χ0v) is 17.5. The van der Waals surface area contributed by atoms with Gasteiger partial charge in [0.05, 0.1) is 11.8 Å². The molecule has 29 heavy (non-hydrogen) atoms. The van der Waals surface area contributed by atoms with Crippen LogP contribution in [0.15, 0.2) is 48.5 Å². The molecule has 1 unspecified atom stereocenters. The van der Waals surface area contributed by atoms with Crippen LogP contribution in [0, 0.1) is 0 Å². The van der Waals surface area contributed by atoms with Crippen molar-refractivity contribution in [2.75, 3.05) is 31.1 Å². The van der Waals surface area contributed by atoms with Crippen molar-refractivity contribution in [3.05, 3.63) is 59.7 Å². The fourth-order valence-electron chi connectivity index (χ4n) is 3.77. The first kappa shape index (κ1) is 21.3. The van der Waals surface area contributed by atoms with E-state index in [1.54, 1.807) is 0 Å². The van der Waals surface area contributed by atoms with Crippen molar-refractivity contribution in [3.8, 4) is 5.75 Å². The molecule has 1 aliphatic rings. The highest BCUT2D eigenvalue weighted by atomic mass is 16.5. The third-order valence-corrected chi connectivity index (χ3v) is 5.35. The molecule has 5 heteroatoms. The second-order valence-corrected chi connectivity index (χ2v) is 7.89. The number of carbonyl (C=O) groups excluding carboxylic acids is 1. The lowest BCUT2D eigenvalue weighted by molar-refractivity contribution is -0.00669. The summed E-state index contributed by atoms with van der Waals surface area (Å²) in [6.07, 6.45) is 3.19. The number of hydrogen-bond acceptors (Lipinski definition) is 5. The van der Waals surface area contributed by atoms with Crippen LogP contribution in [0.5, 0.6) is 5.75 Å². The average Bonchev–Trinajstić information content (AvgIpc) is 2.74. The molecule has 2 aromatic rings. The number of carbonyl (C=O) groups is 1. The number of nitrogens with zero attached hydrogens (tertiary/aromatic N) is 2. The average molecular weight is 397 g/mol. The zero-order chi connectivity index (χ0) is 20.6. The van der Waals surface area contributed by atoms with E-state index in [0.29, 0.717) is 5.56 Å². The fourth-order valence-corrected chi connectivity index (χ4v) is 3.77. The molecule has 2 aromatic carbocycles. The molecule has 0 spiro atoms. The van der Waals surface area contributed by atoms with Crippen LogP contribution in [0.1, 0.15) is 42.6 Å². The van der Waals surface area contributed by atoms with Crippen molar-refractivity contribution in [2.45, 2.75) is 45.4 Å². The van der Waals surface area contributed by atoms with E-state index in [1.165, 1.54) is 5.56 Å². The zero-order valence-electron chi connectivity index (χ0n) is 17.5. The molecular formula is C24H32N2O3. The number of rotatable bonds is 9. The lowest BCUT2D eigenvalue weighted by Gasteiger charge is -2.39. The van der Waals surface area contributed by atoms with Gasteiger partial charge < -0.3 is 14.7 Å². The van der Waals surface area contributed by atoms with Gasteiger partial charge in [-0.3, -0.25) is 9.69 Å². The first-order valence-corrected chi connectivity index (χ1v) is 10.5. The molecule has 0 saturated carbocycles. The van der Waals surface area contributed by atoms with Crippen molar-refractivity contribution >= 4 is 12.0 Å². The minimum Gasteiger partial charge on any atom is -0.489 e. The van der Waals surface area contributed by atoms with Gasteiger partial charge in [-0.1, -0.05) is 36.4 Å². The summed E-state index contributed by atoms with van der Waals surface area (Å²) in [7, 11) is 0. The summed E-state index contributed by atoms with van der Waals surface area (Å²) < 4.78 is 5.96. The predicted molar refractivity (Wildman–Crippen MR) is 117 cm³/mol.